The van der Waals surface area contributed by atoms with Gasteiger partial charge in [-0.1, -0.05) is 61.4 Å². The molecule has 1 N–H and O–H groups in total. The fourth-order valence-electron chi connectivity index (χ4n) is 5.31. The molecule has 6 nitrogen and oxygen atoms in total. The Kier molecular flexibility index (Phi) is 6.58. The average Bonchev–Trinajstić information content (AvgIpc) is 3.30. The number of nitrogens with one attached hydrogen (secondary N) is 1. The van der Waals surface area contributed by atoms with Crippen molar-refractivity contribution in [2.24, 2.45) is 0 Å². The van der Waals surface area contributed by atoms with Crippen molar-refractivity contribution in [3.63, 3.8) is 0 Å². The zero-order valence-corrected chi connectivity index (χ0v) is 18.5. The van der Waals surface area contributed by atoms with Gasteiger partial charge >= 0.3 is 5.97 Å². The number of carbonyl (C=O) groups excluding carboxylic acids is 3. The van der Waals surface area contributed by atoms with Crippen molar-refractivity contribution in [2.75, 3.05) is 13.7 Å². The van der Waals surface area contributed by atoms with E-state index in [1.54, 1.807) is 0 Å². The van der Waals surface area contributed by atoms with Crippen LogP contribution in [0.3, 0.4) is 0 Å². The Morgan fingerprint density at radius 3 is 2.47 bits per heavy atom. The average molecular weight is 435 g/mol. The molecule has 32 heavy (non-hydrogen) atoms. The minimum Gasteiger partial charge on any atom is -0.469 e. The van der Waals surface area contributed by atoms with Crippen molar-refractivity contribution in [1.82, 2.24) is 10.2 Å². The van der Waals surface area contributed by atoms with Crippen LogP contribution < -0.4 is 5.32 Å². The maximum atomic E-state index is 13.7. The first-order valence-electron chi connectivity index (χ1n) is 11.4. The van der Waals surface area contributed by atoms with Crippen LogP contribution in [0.4, 0.5) is 0 Å². The standard InChI is InChI=1S/C26H30N2O4/c1-32-22(29)14-9-17-27-24(30)23-20-12-5-6-13-21(20)25(31)28(26(23)15-7-8-16-26)18-19-10-3-2-4-11-19/h2-6,10-13,23H,7-9,14-18H2,1H3,(H,27,30)/t23-/m0/s1. The molecule has 1 saturated carbocycles. The number of esters is 1. The summed E-state index contributed by atoms with van der Waals surface area (Å²) >= 11 is 0. The molecule has 0 unspecified atom stereocenters. The lowest BCUT2D eigenvalue weighted by molar-refractivity contribution is -0.140. The molecule has 0 bridgehead atoms. The molecule has 1 aliphatic carbocycles. The topological polar surface area (TPSA) is 75.7 Å². The lowest BCUT2D eigenvalue weighted by Crippen LogP contribution is -2.60. The van der Waals surface area contributed by atoms with E-state index >= 15 is 0 Å². The number of fused-ring (bicyclic) bond motifs is 1. The van der Waals surface area contributed by atoms with E-state index in [0.29, 0.717) is 25.1 Å². The van der Waals surface area contributed by atoms with Gasteiger partial charge in [0.05, 0.1) is 18.6 Å². The Morgan fingerprint density at radius 1 is 1.06 bits per heavy atom. The Morgan fingerprint density at radius 2 is 1.75 bits per heavy atom. The van der Waals surface area contributed by atoms with Crippen molar-refractivity contribution >= 4 is 17.8 Å². The van der Waals surface area contributed by atoms with Crippen LogP contribution in [0.15, 0.2) is 54.6 Å². The lowest BCUT2D eigenvalue weighted by atomic mass is 9.71. The number of carbonyl (C=O) groups is 3. The van der Waals surface area contributed by atoms with Crippen LogP contribution in [0, 0.1) is 0 Å². The SMILES string of the molecule is COC(=O)CCCNC(=O)[C@@H]1c2ccccc2C(=O)N(Cc2ccccc2)C12CCCC2. The Balaban J connectivity index is 1.66. The van der Waals surface area contributed by atoms with Crippen LogP contribution in [0.25, 0.3) is 0 Å². The fourth-order valence-corrected chi connectivity index (χ4v) is 5.31. The third-order valence-corrected chi connectivity index (χ3v) is 6.82. The number of amides is 2. The quantitative estimate of drug-likeness (QED) is 0.531. The van der Waals surface area contributed by atoms with Gasteiger partial charge in [-0.3, -0.25) is 14.4 Å². The highest BCUT2D eigenvalue weighted by atomic mass is 16.5. The maximum Gasteiger partial charge on any atom is 0.305 e. The van der Waals surface area contributed by atoms with Gasteiger partial charge in [-0.25, -0.2) is 0 Å². The van der Waals surface area contributed by atoms with E-state index in [0.717, 1.165) is 36.8 Å². The maximum absolute atomic E-state index is 13.7. The summed E-state index contributed by atoms with van der Waals surface area (Å²) in [7, 11) is 1.36. The summed E-state index contributed by atoms with van der Waals surface area (Å²) in [5, 5.41) is 3.04. The number of hydrogen-bond donors (Lipinski definition) is 1. The molecule has 2 aromatic rings. The summed E-state index contributed by atoms with van der Waals surface area (Å²) in [6, 6.07) is 17.5. The molecule has 168 valence electrons. The Hall–Kier alpha value is -3.15. The monoisotopic (exact) mass is 434 g/mol. The minimum absolute atomic E-state index is 0.00101. The molecule has 2 aromatic carbocycles. The van der Waals surface area contributed by atoms with Crippen LogP contribution >= 0.6 is 0 Å². The van der Waals surface area contributed by atoms with E-state index in [1.165, 1.54) is 7.11 Å². The predicted octanol–water partition coefficient (Wildman–Crippen LogP) is 3.81. The molecule has 1 fully saturated rings. The van der Waals surface area contributed by atoms with E-state index in [-0.39, 0.29) is 24.2 Å². The highest BCUT2D eigenvalue weighted by molar-refractivity contribution is 6.02. The van der Waals surface area contributed by atoms with Gasteiger partial charge in [-0.15, -0.1) is 0 Å². The first-order valence-corrected chi connectivity index (χ1v) is 11.4. The zero-order chi connectivity index (χ0) is 22.6. The molecule has 0 aromatic heterocycles. The first kappa shape index (κ1) is 22.1. The van der Waals surface area contributed by atoms with Gasteiger partial charge in [0.15, 0.2) is 0 Å². The van der Waals surface area contributed by atoms with Crippen molar-refractivity contribution < 1.29 is 19.1 Å². The van der Waals surface area contributed by atoms with Crippen LogP contribution in [-0.2, 0) is 20.9 Å². The van der Waals surface area contributed by atoms with E-state index in [1.807, 2.05) is 59.5 Å². The molecule has 2 aliphatic rings. The van der Waals surface area contributed by atoms with E-state index in [2.05, 4.69) is 10.1 Å². The van der Waals surface area contributed by atoms with Gasteiger partial charge in [0, 0.05) is 25.1 Å². The predicted molar refractivity (Wildman–Crippen MR) is 121 cm³/mol. The van der Waals surface area contributed by atoms with Gasteiger partial charge in [-0.05, 0) is 36.5 Å². The molecular weight excluding hydrogens is 404 g/mol. The fraction of sp³-hybridized carbons (Fsp3) is 0.423. The van der Waals surface area contributed by atoms with Crippen LogP contribution in [0.1, 0.15) is 65.9 Å². The zero-order valence-electron chi connectivity index (χ0n) is 18.5. The van der Waals surface area contributed by atoms with Crippen LogP contribution in [-0.4, -0.2) is 41.9 Å². The molecule has 0 saturated heterocycles. The summed E-state index contributed by atoms with van der Waals surface area (Å²) in [6.45, 7) is 0.884. The number of nitrogens with zero attached hydrogens (tertiary/aromatic N) is 1. The summed E-state index contributed by atoms with van der Waals surface area (Å²) in [4.78, 5) is 40.6. The number of methoxy groups -OCH3 is 1. The molecule has 1 aliphatic heterocycles. The third kappa shape index (κ3) is 4.14. The molecule has 6 heteroatoms. The second-order valence-electron chi connectivity index (χ2n) is 8.68. The lowest BCUT2D eigenvalue weighted by Gasteiger charge is -2.50. The summed E-state index contributed by atoms with van der Waals surface area (Å²) in [5.41, 5.74) is 1.95. The van der Waals surface area contributed by atoms with Crippen molar-refractivity contribution in [3.8, 4) is 0 Å². The second-order valence-corrected chi connectivity index (χ2v) is 8.68. The summed E-state index contributed by atoms with van der Waals surface area (Å²) in [5.74, 6) is -0.786. The summed E-state index contributed by atoms with van der Waals surface area (Å²) < 4.78 is 4.68. The number of rotatable bonds is 7. The molecule has 1 spiro atoms. The number of hydrogen-bond acceptors (Lipinski definition) is 4. The third-order valence-electron chi connectivity index (χ3n) is 6.82. The first-order chi connectivity index (χ1) is 15.6. The van der Waals surface area contributed by atoms with Crippen LogP contribution in [0.2, 0.25) is 0 Å². The Bertz CT molecular complexity index is 982. The van der Waals surface area contributed by atoms with Gasteiger partial charge in [0.1, 0.15) is 0 Å². The van der Waals surface area contributed by atoms with E-state index in [9.17, 15) is 14.4 Å². The van der Waals surface area contributed by atoms with E-state index in [4.69, 9.17) is 0 Å². The highest BCUT2D eigenvalue weighted by Crippen LogP contribution is 2.50. The number of benzene rings is 2. The van der Waals surface area contributed by atoms with Gasteiger partial charge in [0.2, 0.25) is 5.91 Å². The molecule has 4 rings (SSSR count). The molecule has 0 radical (unpaired) electrons. The summed E-state index contributed by atoms with van der Waals surface area (Å²) in [6.07, 6.45) is 4.38. The molecular formula is C26H30N2O4. The highest BCUT2D eigenvalue weighted by Gasteiger charge is 2.55. The van der Waals surface area contributed by atoms with Crippen molar-refractivity contribution in [1.29, 1.82) is 0 Å². The van der Waals surface area contributed by atoms with Gasteiger partial charge in [0.25, 0.3) is 5.91 Å². The van der Waals surface area contributed by atoms with E-state index < -0.39 is 11.5 Å². The second kappa shape index (κ2) is 9.55. The normalized spacial score (nSPS) is 19.0. The van der Waals surface area contributed by atoms with Gasteiger partial charge < -0.3 is 15.0 Å². The molecule has 1 atom stereocenters. The Labute approximate surface area is 188 Å². The van der Waals surface area contributed by atoms with Crippen LogP contribution in [0.5, 0.6) is 0 Å². The largest absolute Gasteiger partial charge is 0.469 e. The minimum atomic E-state index is -0.534. The molecule has 1 heterocycles. The van der Waals surface area contributed by atoms with Gasteiger partial charge in [-0.2, -0.15) is 0 Å². The van der Waals surface area contributed by atoms with Crippen molar-refractivity contribution in [3.05, 3.63) is 71.3 Å². The van der Waals surface area contributed by atoms with Crippen molar-refractivity contribution in [2.45, 2.75) is 56.5 Å². The molecule has 2 amide bonds. The smallest absolute Gasteiger partial charge is 0.305 e. The number of ether oxygens (including phenoxy) is 1.